The van der Waals surface area contributed by atoms with Crippen molar-refractivity contribution in [2.24, 2.45) is 0 Å². The summed E-state index contributed by atoms with van der Waals surface area (Å²) >= 11 is 0. The van der Waals surface area contributed by atoms with E-state index < -0.39 is 0 Å². The summed E-state index contributed by atoms with van der Waals surface area (Å²) in [6.07, 6.45) is 1.53. The number of amides is 1. The van der Waals surface area contributed by atoms with E-state index in [1.165, 1.54) is 13.3 Å². The van der Waals surface area contributed by atoms with E-state index in [2.05, 4.69) is 25.8 Å². The number of rotatable bonds is 4. The maximum absolute atomic E-state index is 12.4. The lowest BCUT2D eigenvalue weighted by Gasteiger charge is -2.10. The molecular formula is C17H17N5O2. The number of hydrogen-bond acceptors (Lipinski definition) is 6. The van der Waals surface area contributed by atoms with Crippen molar-refractivity contribution in [3.05, 3.63) is 53.3 Å². The van der Waals surface area contributed by atoms with Crippen LogP contribution in [0.1, 0.15) is 21.6 Å². The molecule has 0 aliphatic heterocycles. The van der Waals surface area contributed by atoms with E-state index in [0.717, 1.165) is 16.5 Å². The molecule has 3 aromatic rings. The van der Waals surface area contributed by atoms with Gasteiger partial charge in [-0.15, -0.1) is 0 Å². The largest absolute Gasteiger partial charge is 0.481 e. The number of carbonyl (C=O) groups excluding carboxylic acids is 1. The van der Waals surface area contributed by atoms with E-state index in [9.17, 15) is 4.79 Å². The number of nitrogens with zero attached hydrogens (tertiary/aromatic N) is 3. The van der Waals surface area contributed by atoms with Crippen LogP contribution < -0.4 is 15.6 Å². The Kier molecular flexibility index (Phi) is 4.24. The summed E-state index contributed by atoms with van der Waals surface area (Å²) in [4.78, 5) is 25.0. The van der Waals surface area contributed by atoms with Crippen molar-refractivity contribution >= 4 is 22.8 Å². The average Bonchev–Trinajstić information content (AvgIpc) is 2.59. The minimum atomic E-state index is -0.311. The van der Waals surface area contributed by atoms with Gasteiger partial charge in [-0.05, 0) is 31.5 Å². The van der Waals surface area contributed by atoms with Gasteiger partial charge in [0.25, 0.3) is 5.91 Å². The summed E-state index contributed by atoms with van der Waals surface area (Å²) in [5, 5.41) is 0.911. The molecule has 1 amide bonds. The SMILES string of the molecule is COc1ccnc(NNC(=O)c2cc3ccc(C)cc3nc2C)n1. The zero-order chi connectivity index (χ0) is 17.1. The van der Waals surface area contributed by atoms with Crippen molar-refractivity contribution < 1.29 is 9.53 Å². The molecule has 24 heavy (non-hydrogen) atoms. The molecule has 0 unspecified atom stereocenters. The summed E-state index contributed by atoms with van der Waals surface area (Å²) in [5.74, 6) is 0.333. The van der Waals surface area contributed by atoms with Gasteiger partial charge in [-0.1, -0.05) is 12.1 Å². The number of aromatic nitrogens is 3. The van der Waals surface area contributed by atoms with Gasteiger partial charge < -0.3 is 4.74 Å². The molecule has 0 fully saturated rings. The number of carbonyl (C=O) groups is 1. The fourth-order valence-electron chi connectivity index (χ4n) is 2.30. The second kappa shape index (κ2) is 6.49. The summed E-state index contributed by atoms with van der Waals surface area (Å²) in [5.41, 5.74) is 8.38. The van der Waals surface area contributed by atoms with Crippen LogP contribution in [-0.2, 0) is 0 Å². The molecule has 0 saturated heterocycles. The molecule has 0 bridgehead atoms. The van der Waals surface area contributed by atoms with Crippen LogP contribution in [0.15, 0.2) is 36.5 Å². The second-order valence-electron chi connectivity index (χ2n) is 5.32. The van der Waals surface area contributed by atoms with Crippen molar-refractivity contribution in [2.45, 2.75) is 13.8 Å². The molecule has 3 rings (SSSR count). The van der Waals surface area contributed by atoms with E-state index in [4.69, 9.17) is 4.74 Å². The number of methoxy groups -OCH3 is 1. The Morgan fingerprint density at radius 2 is 1.96 bits per heavy atom. The van der Waals surface area contributed by atoms with Crippen molar-refractivity contribution in [3.63, 3.8) is 0 Å². The summed E-state index contributed by atoms with van der Waals surface area (Å²) in [6, 6.07) is 9.37. The molecule has 0 spiro atoms. The molecule has 0 aliphatic rings. The second-order valence-corrected chi connectivity index (χ2v) is 5.32. The van der Waals surface area contributed by atoms with Gasteiger partial charge in [0.15, 0.2) is 0 Å². The van der Waals surface area contributed by atoms with Crippen LogP contribution in [0.4, 0.5) is 5.95 Å². The van der Waals surface area contributed by atoms with Gasteiger partial charge in [0.2, 0.25) is 11.8 Å². The monoisotopic (exact) mass is 323 g/mol. The molecule has 2 N–H and O–H groups in total. The highest BCUT2D eigenvalue weighted by Gasteiger charge is 2.12. The first-order chi connectivity index (χ1) is 11.6. The van der Waals surface area contributed by atoms with Gasteiger partial charge in [-0.3, -0.25) is 20.6 Å². The normalized spacial score (nSPS) is 10.5. The molecule has 7 nitrogen and oxygen atoms in total. The summed E-state index contributed by atoms with van der Waals surface area (Å²) in [7, 11) is 1.51. The molecule has 0 radical (unpaired) electrons. The van der Waals surface area contributed by atoms with Crippen LogP contribution in [0.25, 0.3) is 10.9 Å². The fraction of sp³-hybridized carbons (Fsp3) is 0.176. The Balaban J connectivity index is 1.80. The zero-order valence-electron chi connectivity index (χ0n) is 13.6. The fourth-order valence-corrected chi connectivity index (χ4v) is 2.30. The van der Waals surface area contributed by atoms with Crippen molar-refractivity contribution in [3.8, 4) is 5.88 Å². The molecule has 122 valence electrons. The van der Waals surface area contributed by atoms with Gasteiger partial charge in [0.1, 0.15) is 0 Å². The number of aryl methyl sites for hydroxylation is 2. The highest BCUT2D eigenvalue weighted by atomic mass is 16.5. The number of pyridine rings is 1. The Morgan fingerprint density at radius 3 is 2.75 bits per heavy atom. The van der Waals surface area contributed by atoms with Crippen molar-refractivity contribution in [2.75, 3.05) is 12.5 Å². The molecule has 2 heterocycles. The first-order valence-electron chi connectivity index (χ1n) is 7.38. The van der Waals surface area contributed by atoms with Crippen LogP contribution in [0, 0.1) is 13.8 Å². The predicted octanol–water partition coefficient (Wildman–Crippen LogP) is 2.41. The van der Waals surface area contributed by atoms with E-state index in [-0.39, 0.29) is 11.9 Å². The zero-order valence-corrected chi connectivity index (χ0v) is 13.6. The lowest BCUT2D eigenvalue weighted by Crippen LogP contribution is -2.31. The maximum Gasteiger partial charge on any atom is 0.271 e. The van der Waals surface area contributed by atoms with Gasteiger partial charge in [0.05, 0.1) is 23.9 Å². The van der Waals surface area contributed by atoms with Crippen LogP contribution in [-0.4, -0.2) is 28.0 Å². The van der Waals surface area contributed by atoms with E-state index in [0.29, 0.717) is 17.1 Å². The molecule has 0 aliphatic carbocycles. The molecule has 1 aromatic carbocycles. The standard InChI is InChI=1S/C17H17N5O2/c1-10-4-5-12-9-13(11(2)19-14(12)8-10)16(23)21-22-17-18-7-6-15(20-17)24-3/h4-9H,1-3H3,(H,21,23)(H,18,20,22). The van der Waals surface area contributed by atoms with Gasteiger partial charge in [0, 0.05) is 17.6 Å². The predicted molar refractivity (Wildman–Crippen MR) is 90.9 cm³/mol. The van der Waals surface area contributed by atoms with E-state index in [1.807, 2.05) is 31.2 Å². The lowest BCUT2D eigenvalue weighted by atomic mass is 10.1. The third-order valence-corrected chi connectivity index (χ3v) is 3.54. The van der Waals surface area contributed by atoms with Crippen molar-refractivity contribution in [1.82, 2.24) is 20.4 Å². The minimum absolute atomic E-state index is 0.240. The number of hydrazine groups is 1. The topological polar surface area (TPSA) is 89.0 Å². The van der Waals surface area contributed by atoms with E-state index in [1.54, 1.807) is 13.0 Å². The highest BCUT2D eigenvalue weighted by Crippen LogP contribution is 2.18. The van der Waals surface area contributed by atoms with E-state index >= 15 is 0 Å². The summed E-state index contributed by atoms with van der Waals surface area (Å²) < 4.78 is 5.01. The number of fused-ring (bicyclic) bond motifs is 1. The summed E-state index contributed by atoms with van der Waals surface area (Å²) in [6.45, 7) is 3.81. The van der Waals surface area contributed by atoms with Crippen LogP contribution >= 0.6 is 0 Å². The van der Waals surface area contributed by atoms with Crippen LogP contribution in [0.2, 0.25) is 0 Å². The third kappa shape index (κ3) is 3.24. The lowest BCUT2D eigenvalue weighted by molar-refractivity contribution is 0.0961. The van der Waals surface area contributed by atoms with Gasteiger partial charge >= 0.3 is 0 Å². The minimum Gasteiger partial charge on any atom is -0.481 e. The number of ether oxygens (including phenoxy) is 1. The smallest absolute Gasteiger partial charge is 0.271 e. The van der Waals surface area contributed by atoms with Gasteiger partial charge in [-0.25, -0.2) is 4.98 Å². The third-order valence-electron chi connectivity index (χ3n) is 3.54. The number of nitrogens with one attached hydrogen (secondary N) is 2. The first-order valence-corrected chi connectivity index (χ1v) is 7.38. The Morgan fingerprint density at radius 1 is 1.12 bits per heavy atom. The van der Waals surface area contributed by atoms with Gasteiger partial charge in [-0.2, -0.15) is 4.98 Å². The molecule has 0 atom stereocenters. The Labute approximate surface area is 139 Å². The van der Waals surface area contributed by atoms with Crippen LogP contribution in [0.5, 0.6) is 5.88 Å². The number of benzene rings is 1. The number of hydrogen-bond donors (Lipinski definition) is 2. The quantitative estimate of drug-likeness (QED) is 0.717. The van der Waals surface area contributed by atoms with Crippen LogP contribution in [0.3, 0.4) is 0 Å². The highest BCUT2D eigenvalue weighted by molar-refractivity contribution is 5.99. The average molecular weight is 323 g/mol. The first kappa shape index (κ1) is 15.7. The van der Waals surface area contributed by atoms with Crippen molar-refractivity contribution in [1.29, 1.82) is 0 Å². The molecule has 0 saturated carbocycles. The molecule has 7 heteroatoms. The Bertz CT molecular complexity index is 911. The molecular weight excluding hydrogens is 306 g/mol. The number of anilines is 1. The Hall–Kier alpha value is -3.22. The maximum atomic E-state index is 12.4. The molecule has 2 aromatic heterocycles.